The maximum atomic E-state index is 10.7. The lowest BCUT2D eigenvalue weighted by Crippen LogP contribution is -2.07. The van der Waals surface area contributed by atoms with E-state index >= 15 is 0 Å². The molecule has 0 spiro atoms. The molecule has 4 heteroatoms. The SMILES string of the molecule is NC(=O)c1ccc(C#CCCO)s1. The minimum atomic E-state index is -0.430. The molecule has 0 atom stereocenters. The third kappa shape index (κ3) is 2.90. The lowest BCUT2D eigenvalue weighted by atomic mass is 10.4. The van der Waals surface area contributed by atoms with Crippen molar-refractivity contribution >= 4 is 17.2 Å². The fourth-order valence-corrected chi connectivity index (χ4v) is 1.48. The Morgan fingerprint density at radius 1 is 1.62 bits per heavy atom. The topological polar surface area (TPSA) is 63.3 Å². The Balaban J connectivity index is 2.71. The van der Waals surface area contributed by atoms with Gasteiger partial charge in [-0.05, 0) is 12.1 Å². The van der Waals surface area contributed by atoms with Crippen molar-refractivity contribution in [3.05, 3.63) is 21.9 Å². The number of carbonyl (C=O) groups excluding carboxylic acids is 1. The predicted molar refractivity (Wildman–Crippen MR) is 51.4 cm³/mol. The summed E-state index contributed by atoms with van der Waals surface area (Å²) in [6, 6.07) is 3.39. The third-order valence-corrected chi connectivity index (χ3v) is 2.31. The maximum absolute atomic E-state index is 10.7. The van der Waals surface area contributed by atoms with Crippen LogP contribution in [-0.2, 0) is 0 Å². The van der Waals surface area contributed by atoms with Gasteiger partial charge in [-0.2, -0.15) is 0 Å². The van der Waals surface area contributed by atoms with Gasteiger partial charge >= 0.3 is 0 Å². The molecule has 0 radical (unpaired) electrons. The number of rotatable bonds is 2. The average molecular weight is 195 g/mol. The van der Waals surface area contributed by atoms with Gasteiger partial charge in [0, 0.05) is 6.42 Å². The van der Waals surface area contributed by atoms with Crippen LogP contribution in [-0.4, -0.2) is 17.6 Å². The maximum Gasteiger partial charge on any atom is 0.258 e. The Kier molecular flexibility index (Phi) is 3.50. The van der Waals surface area contributed by atoms with Crippen molar-refractivity contribution in [1.29, 1.82) is 0 Å². The van der Waals surface area contributed by atoms with Crippen molar-refractivity contribution in [2.75, 3.05) is 6.61 Å². The van der Waals surface area contributed by atoms with Gasteiger partial charge < -0.3 is 10.8 Å². The van der Waals surface area contributed by atoms with Gasteiger partial charge in [-0.3, -0.25) is 4.79 Å². The molecule has 0 fully saturated rings. The molecule has 0 saturated heterocycles. The van der Waals surface area contributed by atoms with E-state index in [1.54, 1.807) is 12.1 Å². The molecule has 0 aliphatic rings. The van der Waals surface area contributed by atoms with Crippen LogP contribution in [0.2, 0.25) is 0 Å². The second kappa shape index (κ2) is 4.65. The van der Waals surface area contributed by atoms with Crippen LogP contribution in [0, 0.1) is 11.8 Å². The van der Waals surface area contributed by atoms with Crippen LogP contribution in [0.1, 0.15) is 21.0 Å². The molecular weight excluding hydrogens is 186 g/mol. The lowest BCUT2D eigenvalue weighted by Gasteiger charge is -1.82. The molecule has 1 amide bonds. The Bertz CT molecular complexity index is 359. The van der Waals surface area contributed by atoms with Crippen LogP contribution in [0.15, 0.2) is 12.1 Å². The molecule has 3 N–H and O–H groups in total. The highest BCUT2D eigenvalue weighted by Crippen LogP contribution is 2.14. The van der Waals surface area contributed by atoms with Gasteiger partial charge in [0.25, 0.3) is 5.91 Å². The molecule has 0 unspecified atom stereocenters. The Hall–Kier alpha value is -1.31. The zero-order chi connectivity index (χ0) is 9.68. The van der Waals surface area contributed by atoms with Gasteiger partial charge in [0.05, 0.1) is 16.4 Å². The summed E-state index contributed by atoms with van der Waals surface area (Å²) < 4.78 is 0. The lowest BCUT2D eigenvalue weighted by molar-refractivity contribution is 0.100. The summed E-state index contributed by atoms with van der Waals surface area (Å²) in [5.41, 5.74) is 5.07. The molecule has 0 aliphatic heterocycles. The van der Waals surface area contributed by atoms with Crippen LogP contribution < -0.4 is 5.73 Å². The summed E-state index contributed by atoms with van der Waals surface area (Å²) in [5, 5.41) is 8.46. The summed E-state index contributed by atoms with van der Waals surface area (Å²) in [6.07, 6.45) is 0.448. The van der Waals surface area contributed by atoms with E-state index in [1.807, 2.05) is 0 Å². The zero-order valence-electron chi connectivity index (χ0n) is 6.91. The number of nitrogens with two attached hydrogens (primary N) is 1. The summed E-state index contributed by atoms with van der Waals surface area (Å²) in [7, 11) is 0. The summed E-state index contributed by atoms with van der Waals surface area (Å²) in [4.78, 5) is 12.0. The number of aliphatic hydroxyl groups is 1. The second-order valence-corrected chi connectivity index (χ2v) is 3.39. The largest absolute Gasteiger partial charge is 0.395 e. The molecule has 68 valence electrons. The standard InChI is InChI=1S/C9H9NO2S/c10-9(12)8-5-4-7(13-8)3-1-2-6-11/h4-5,11H,2,6H2,(H2,10,12). The first-order valence-electron chi connectivity index (χ1n) is 3.73. The molecule has 1 aromatic rings. The second-order valence-electron chi connectivity index (χ2n) is 2.30. The summed E-state index contributed by atoms with van der Waals surface area (Å²) >= 11 is 1.26. The molecule has 1 heterocycles. The number of primary amides is 1. The van der Waals surface area contributed by atoms with Gasteiger partial charge in [-0.1, -0.05) is 11.8 Å². The Morgan fingerprint density at radius 3 is 2.92 bits per heavy atom. The van der Waals surface area contributed by atoms with Crippen molar-refractivity contribution < 1.29 is 9.90 Å². The number of carbonyl (C=O) groups is 1. The number of hydrogen-bond donors (Lipinski definition) is 2. The molecule has 0 aliphatic carbocycles. The molecule has 3 nitrogen and oxygen atoms in total. The fourth-order valence-electron chi connectivity index (χ4n) is 0.743. The van der Waals surface area contributed by atoms with E-state index in [0.717, 1.165) is 4.88 Å². The Morgan fingerprint density at radius 2 is 2.38 bits per heavy atom. The van der Waals surface area contributed by atoms with Crippen molar-refractivity contribution in [3.8, 4) is 11.8 Å². The number of hydrogen-bond acceptors (Lipinski definition) is 3. The monoisotopic (exact) mass is 195 g/mol. The van der Waals surface area contributed by atoms with E-state index in [-0.39, 0.29) is 6.61 Å². The highest BCUT2D eigenvalue weighted by Gasteiger charge is 2.02. The van der Waals surface area contributed by atoms with E-state index in [1.165, 1.54) is 11.3 Å². The zero-order valence-corrected chi connectivity index (χ0v) is 7.73. The Labute approximate surface area is 80.2 Å². The van der Waals surface area contributed by atoms with Gasteiger partial charge in [-0.25, -0.2) is 0 Å². The quantitative estimate of drug-likeness (QED) is 0.678. The molecular formula is C9H9NO2S. The molecule has 13 heavy (non-hydrogen) atoms. The van der Waals surface area contributed by atoms with Gasteiger partial charge in [-0.15, -0.1) is 11.3 Å². The van der Waals surface area contributed by atoms with Crippen LogP contribution in [0.3, 0.4) is 0 Å². The number of amides is 1. The molecule has 0 aromatic carbocycles. The average Bonchev–Trinajstić information content (AvgIpc) is 2.53. The van der Waals surface area contributed by atoms with Crippen molar-refractivity contribution in [2.45, 2.75) is 6.42 Å². The minimum absolute atomic E-state index is 0.0566. The smallest absolute Gasteiger partial charge is 0.258 e. The van der Waals surface area contributed by atoms with Gasteiger partial charge in [0.2, 0.25) is 0 Å². The van der Waals surface area contributed by atoms with Crippen molar-refractivity contribution in [2.24, 2.45) is 5.73 Å². The molecule has 0 saturated carbocycles. The van der Waals surface area contributed by atoms with Crippen LogP contribution in [0.25, 0.3) is 0 Å². The van der Waals surface area contributed by atoms with Gasteiger partial charge in [0.1, 0.15) is 0 Å². The van der Waals surface area contributed by atoms with E-state index in [0.29, 0.717) is 11.3 Å². The highest BCUT2D eigenvalue weighted by molar-refractivity contribution is 7.14. The normalized spacial score (nSPS) is 9.00. The van der Waals surface area contributed by atoms with Crippen LogP contribution in [0.5, 0.6) is 0 Å². The molecule has 1 rings (SSSR count). The third-order valence-electron chi connectivity index (χ3n) is 1.30. The van der Waals surface area contributed by atoms with Crippen LogP contribution >= 0.6 is 11.3 Å². The highest BCUT2D eigenvalue weighted by atomic mass is 32.1. The predicted octanol–water partition coefficient (Wildman–Crippen LogP) is 0.581. The van der Waals surface area contributed by atoms with Crippen molar-refractivity contribution in [3.63, 3.8) is 0 Å². The fraction of sp³-hybridized carbons (Fsp3) is 0.222. The number of aliphatic hydroxyl groups excluding tert-OH is 1. The summed E-state index contributed by atoms with van der Waals surface area (Å²) in [6.45, 7) is 0.0566. The van der Waals surface area contributed by atoms with E-state index in [9.17, 15) is 4.79 Å². The summed E-state index contributed by atoms with van der Waals surface area (Å²) in [5.74, 6) is 5.15. The van der Waals surface area contributed by atoms with Crippen molar-refractivity contribution in [1.82, 2.24) is 0 Å². The first-order chi connectivity index (χ1) is 6.24. The van der Waals surface area contributed by atoms with E-state index in [4.69, 9.17) is 10.8 Å². The molecule has 1 aromatic heterocycles. The minimum Gasteiger partial charge on any atom is -0.395 e. The first-order valence-corrected chi connectivity index (χ1v) is 4.55. The van der Waals surface area contributed by atoms with E-state index in [2.05, 4.69) is 11.8 Å². The van der Waals surface area contributed by atoms with Crippen LogP contribution in [0.4, 0.5) is 0 Å². The number of thiophene rings is 1. The van der Waals surface area contributed by atoms with E-state index < -0.39 is 5.91 Å². The molecule has 0 bridgehead atoms. The van der Waals surface area contributed by atoms with Gasteiger partial charge in [0.15, 0.2) is 0 Å². The first kappa shape index (κ1) is 9.78.